The minimum absolute atomic E-state index is 0.262. The number of rotatable bonds is 8. The van der Waals surface area contributed by atoms with Crippen LogP contribution in [0.4, 0.5) is 0 Å². The van der Waals surface area contributed by atoms with Gasteiger partial charge < -0.3 is 10.0 Å². The molecule has 1 heterocycles. The summed E-state index contributed by atoms with van der Waals surface area (Å²) in [5.41, 5.74) is 1.10. The molecule has 0 aliphatic carbocycles. The van der Waals surface area contributed by atoms with Crippen LogP contribution in [0.2, 0.25) is 0 Å². The predicted molar refractivity (Wildman–Crippen MR) is 70.9 cm³/mol. The van der Waals surface area contributed by atoms with Crippen LogP contribution in [0, 0.1) is 0 Å². The zero-order valence-corrected chi connectivity index (χ0v) is 10.5. The van der Waals surface area contributed by atoms with E-state index in [-0.39, 0.29) is 6.10 Å². The lowest BCUT2D eigenvalue weighted by Crippen LogP contribution is -2.30. The van der Waals surface area contributed by atoms with Crippen molar-refractivity contribution in [2.45, 2.75) is 25.4 Å². The highest BCUT2D eigenvalue weighted by Gasteiger charge is 2.07. The lowest BCUT2D eigenvalue weighted by molar-refractivity contribution is 0.119. The summed E-state index contributed by atoms with van der Waals surface area (Å²) >= 11 is 0. The van der Waals surface area contributed by atoms with Crippen molar-refractivity contribution in [3.8, 4) is 0 Å². The Bertz CT molecular complexity index is 313. The molecule has 1 unspecified atom stereocenters. The van der Waals surface area contributed by atoms with E-state index in [4.69, 9.17) is 0 Å². The highest BCUT2D eigenvalue weighted by atomic mass is 16.3. The number of likely N-dealkylation sites (N-methyl/N-ethyl adjacent to an activating group) is 1. The lowest BCUT2D eigenvalue weighted by Gasteiger charge is -2.19. The van der Waals surface area contributed by atoms with Crippen molar-refractivity contribution >= 4 is 0 Å². The average Bonchev–Trinajstić information content (AvgIpc) is 2.35. The monoisotopic (exact) mass is 234 g/mol. The molecule has 1 rings (SSSR count). The molecule has 94 valence electrons. The molecule has 1 atom stereocenters. The molecule has 0 radical (unpaired) electrons. The third-order valence-electron chi connectivity index (χ3n) is 2.70. The van der Waals surface area contributed by atoms with E-state index in [1.807, 2.05) is 37.5 Å². The first-order chi connectivity index (χ1) is 8.22. The van der Waals surface area contributed by atoms with Crippen molar-refractivity contribution in [2.24, 2.45) is 0 Å². The van der Waals surface area contributed by atoms with Gasteiger partial charge in [0.15, 0.2) is 0 Å². The van der Waals surface area contributed by atoms with E-state index in [0.29, 0.717) is 6.54 Å². The number of pyridine rings is 1. The molecule has 0 fully saturated rings. The van der Waals surface area contributed by atoms with Crippen molar-refractivity contribution in [1.82, 2.24) is 9.88 Å². The molecule has 0 aliphatic rings. The summed E-state index contributed by atoms with van der Waals surface area (Å²) in [4.78, 5) is 6.42. The molecule has 0 spiro atoms. The van der Waals surface area contributed by atoms with E-state index >= 15 is 0 Å². The van der Waals surface area contributed by atoms with Crippen molar-refractivity contribution in [1.29, 1.82) is 0 Å². The van der Waals surface area contributed by atoms with Gasteiger partial charge in [0.2, 0.25) is 0 Å². The zero-order chi connectivity index (χ0) is 12.5. The molecule has 0 bridgehead atoms. The Kier molecular flexibility index (Phi) is 6.51. The molecule has 1 N–H and O–H groups in total. The minimum atomic E-state index is -0.262. The molecule has 0 amide bonds. The number of allylic oxidation sites excluding steroid dienone is 1. The van der Waals surface area contributed by atoms with E-state index in [0.717, 1.165) is 31.5 Å². The molecular weight excluding hydrogens is 212 g/mol. The number of aromatic nitrogens is 1. The van der Waals surface area contributed by atoms with Crippen LogP contribution in [-0.2, 0) is 6.42 Å². The van der Waals surface area contributed by atoms with E-state index in [1.54, 1.807) is 0 Å². The SMILES string of the molecule is C=CCCC(O)CN(C)CCc1ccccn1. The molecule has 0 aromatic carbocycles. The Labute approximate surface area is 104 Å². The molecular formula is C14H22N2O. The molecule has 0 saturated carbocycles. The van der Waals surface area contributed by atoms with E-state index in [9.17, 15) is 5.11 Å². The van der Waals surface area contributed by atoms with E-state index < -0.39 is 0 Å². The number of nitrogens with zero attached hydrogens (tertiary/aromatic N) is 2. The summed E-state index contributed by atoms with van der Waals surface area (Å²) in [5, 5.41) is 9.74. The Morgan fingerprint density at radius 1 is 1.53 bits per heavy atom. The Morgan fingerprint density at radius 3 is 3.00 bits per heavy atom. The lowest BCUT2D eigenvalue weighted by atomic mass is 10.2. The topological polar surface area (TPSA) is 36.4 Å². The third kappa shape index (κ3) is 6.19. The second-order valence-electron chi connectivity index (χ2n) is 4.35. The normalized spacial score (nSPS) is 12.6. The van der Waals surface area contributed by atoms with E-state index in [2.05, 4.69) is 16.5 Å². The van der Waals surface area contributed by atoms with E-state index in [1.165, 1.54) is 0 Å². The molecule has 0 aliphatic heterocycles. The number of aliphatic hydroxyl groups is 1. The molecule has 0 saturated heterocycles. The van der Waals surface area contributed by atoms with Gasteiger partial charge in [-0.1, -0.05) is 12.1 Å². The van der Waals surface area contributed by atoms with Crippen LogP contribution >= 0.6 is 0 Å². The Morgan fingerprint density at radius 2 is 2.35 bits per heavy atom. The number of hydrogen-bond donors (Lipinski definition) is 1. The highest BCUT2D eigenvalue weighted by molar-refractivity contribution is 5.03. The number of aliphatic hydroxyl groups excluding tert-OH is 1. The highest BCUT2D eigenvalue weighted by Crippen LogP contribution is 2.01. The summed E-state index contributed by atoms with van der Waals surface area (Å²) < 4.78 is 0. The van der Waals surface area contributed by atoms with Gasteiger partial charge in [-0.25, -0.2) is 0 Å². The standard InChI is InChI=1S/C14H22N2O/c1-3-4-8-14(17)12-16(2)11-9-13-7-5-6-10-15-13/h3,5-7,10,14,17H,1,4,8-9,11-12H2,2H3. The van der Waals surface area contributed by atoms with Gasteiger partial charge in [-0.15, -0.1) is 6.58 Å². The quantitative estimate of drug-likeness (QED) is 0.698. The largest absolute Gasteiger partial charge is 0.392 e. The van der Waals surface area contributed by atoms with Crippen LogP contribution in [0.3, 0.4) is 0 Å². The fourth-order valence-electron chi connectivity index (χ4n) is 1.70. The van der Waals surface area contributed by atoms with Crippen LogP contribution in [-0.4, -0.2) is 41.2 Å². The van der Waals surface area contributed by atoms with Gasteiger partial charge in [0.05, 0.1) is 6.10 Å². The first kappa shape index (κ1) is 13.9. The summed E-state index contributed by atoms with van der Waals surface area (Å²) in [6.45, 7) is 5.28. The van der Waals surface area contributed by atoms with Crippen LogP contribution in [0.5, 0.6) is 0 Å². The maximum absolute atomic E-state index is 9.74. The summed E-state index contributed by atoms with van der Waals surface area (Å²) in [5.74, 6) is 0. The smallest absolute Gasteiger partial charge is 0.0670 e. The van der Waals surface area contributed by atoms with Crippen LogP contribution in [0.1, 0.15) is 18.5 Å². The Balaban J connectivity index is 2.21. The van der Waals surface area contributed by atoms with Gasteiger partial charge >= 0.3 is 0 Å². The van der Waals surface area contributed by atoms with Gasteiger partial charge in [0.1, 0.15) is 0 Å². The molecule has 1 aromatic rings. The van der Waals surface area contributed by atoms with Gasteiger partial charge in [-0.2, -0.15) is 0 Å². The maximum atomic E-state index is 9.74. The van der Waals surface area contributed by atoms with Crippen molar-refractivity contribution < 1.29 is 5.11 Å². The van der Waals surface area contributed by atoms with Crippen LogP contribution in [0.15, 0.2) is 37.1 Å². The predicted octanol–water partition coefficient (Wildman–Crippen LogP) is 1.88. The minimum Gasteiger partial charge on any atom is -0.392 e. The molecule has 1 aromatic heterocycles. The van der Waals surface area contributed by atoms with Crippen molar-refractivity contribution in [3.05, 3.63) is 42.7 Å². The zero-order valence-electron chi connectivity index (χ0n) is 10.5. The molecule has 17 heavy (non-hydrogen) atoms. The van der Waals surface area contributed by atoms with Crippen molar-refractivity contribution in [3.63, 3.8) is 0 Å². The molecule has 3 nitrogen and oxygen atoms in total. The fraction of sp³-hybridized carbons (Fsp3) is 0.500. The van der Waals surface area contributed by atoms with Crippen molar-refractivity contribution in [2.75, 3.05) is 20.1 Å². The molecule has 3 heteroatoms. The van der Waals surface area contributed by atoms with Gasteiger partial charge in [0, 0.05) is 31.4 Å². The fourth-order valence-corrected chi connectivity index (χ4v) is 1.70. The van der Waals surface area contributed by atoms with Crippen LogP contribution < -0.4 is 0 Å². The Hall–Kier alpha value is -1.19. The van der Waals surface area contributed by atoms with Crippen LogP contribution in [0.25, 0.3) is 0 Å². The maximum Gasteiger partial charge on any atom is 0.0670 e. The third-order valence-corrected chi connectivity index (χ3v) is 2.70. The summed E-state index contributed by atoms with van der Waals surface area (Å²) in [7, 11) is 2.03. The van der Waals surface area contributed by atoms with Gasteiger partial charge in [0.25, 0.3) is 0 Å². The average molecular weight is 234 g/mol. The summed E-state index contributed by atoms with van der Waals surface area (Å²) in [6.07, 6.45) is 5.98. The van der Waals surface area contributed by atoms with Gasteiger partial charge in [-0.05, 0) is 32.0 Å². The summed E-state index contributed by atoms with van der Waals surface area (Å²) in [6, 6.07) is 5.95. The second-order valence-corrected chi connectivity index (χ2v) is 4.35. The van der Waals surface area contributed by atoms with Gasteiger partial charge in [-0.3, -0.25) is 4.98 Å². The number of hydrogen-bond acceptors (Lipinski definition) is 3. The second kappa shape index (κ2) is 7.98. The first-order valence-corrected chi connectivity index (χ1v) is 6.09. The first-order valence-electron chi connectivity index (χ1n) is 6.09.